The first-order valence-corrected chi connectivity index (χ1v) is 8.53. The molecule has 0 saturated heterocycles. The van der Waals surface area contributed by atoms with Crippen molar-refractivity contribution in [3.8, 4) is 0 Å². The van der Waals surface area contributed by atoms with E-state index in [1.54, 1.807) is 41.2 Å². The smallest absolute Gasteiger partial charge is 0.263 e. The van der Waals surface area contributed by atoms with E-state index in [9.17, 15) is 8.42 Å². The van der Waals surface area contributed by atoms with Gasteiger partial charge in [0.25, 0.3) is 10.0 Å². The molecule has 0 bridgehead atoms. The number of rotatable bonds is 5. The summed E-state index contributed by atoms with van der Waals surface area (Å²) in [7, 11) is -3.60. The molecule has 0 unspecified atom stereocenters. The Hall–Kier alpha value is -1.34. The average Bonchev–Trinajstić information content (AvgIpc) is 2.85. The SMILES string of the molecule is CC[C@@H](C)n1nccc1NS(=O)(=O)c1ccc(Br)cc1. The third-order valence-corrected chi connectivity index (χ3v) is 4.94. The summed E-state index contributed by atoms with van der Waals surface area (Å²) >= 11 is 3.28. The lowest BCUT2D eigenvalue weighted by Gasteiger charge is -2.15. The van der Waals surface area contributed by atoms with Gasteiger partial charge >= 0.3 is 0 Å². The first-order valence-electron chi connectivity index (χ1n) is 6.26. The second kappa shape index (κ2) is 5.97. The predicted octanol–water partition coefficient (Wildman–Crippen LogP) is 3.42. The number of nitrogens with one attached hydrogen (secondary N) is 1. The van der Waals surface area contributed by atoms with Crippen LogP contribution in [0.25, 0.3) is 0 Å². The van der Waals surface area contributed by atoms with Crippen molar-refractivity contribution in [2.75, 3.05) is 4.72 Å². The lowest BCUT2D eigenvalue weighted by Crippen LogP contribution is -2.17. The molecular weight excluding hydrogens is 342 g/mol. The van der Waals surface area contributed by atoms with Gasteiger partial charge in [-0.15, -0.1) is 0 Å². The second-order valence-electron chi connectivity index (χ2n) is 4.48. The Morgan fingerprint density at radius 2 is 1.95 bits per heavy atom. The van der Waals surface area contributed by atoms with Crippen molar-refractivity contribution in [2.45, 2.75) is 31.2 Å². The minimum absolute atomic E-state index is 0.132. The van der Waals surface area contributed by atoms with E-state index in [0.717, 1.165) is 10.9 Å². The zero-order chi connectivity index (χ0) is 14.8. The van der Waals surface area contributed by atoms with E-state index in [1.807, 2.05) is 13.8 Å². The van der Waals surface area contributed by atoms with Gasteiger partial charge in [0.2, 0.25) is 0 Å². The second-order valence-corrected chi connectivity index (χ2v) is 7.08. The topological polar surface area (TPSA) is 64.0 Å². The molecule has 5 nitrogen and oxygen atoms in total. The molecule has 20 heavy (non-hydrogen) atoms. The summed E-state index contributed by atoms with van der Waals surface area (Å²) in [4.78, 5) is 0.220. The summed E-state index contributed by atoms with van der Waals surface area (Å²) in [5.74, 6) is 0.474. The minimum Gasteiger partial charge on any atom is -0.264 e. The summed E-state index contributed by atoms with van der Waals surface area (Å²) in [5.41, 5.74) is 0. The Labute approximate surface area is 127 Å². The summed E-state index contributed by atoms with van der Waals surface area (Å²) in [5, 5.41) is 4.16. The number of anilines is 1. The summed E-state index contributed by atoms with van der Waals surface area (Å²) < 4.78 is 29.7. The molecule has 1 atom stereocenters. The molecule has 0 radical (unpaired) electrons. The van der Waals surface area contributed by atoms with Crippen LogP contribution in [0, 0.1) is 0 Å². The highest BCUT2D eigenvalue weighted by Crippen LogP contribution is 2.21. The van der Waals surface area contributed by atoms with Crippen LogP contribution in [0.3, 0.4) is 0 Å². The van der Waals surface area contributed by atoms with Crippen molar-refractivity contribution in [3.63, 3.8) is 0 Å². The molecule has 108 valence electrons. The van der Waals surface area contributed by atoms with Crippen LogP contribution in [0.2, 0.25) is 0 Å². The number of hydrogen-bond acceptors (Lipinski definition) is 3. The third kappa shape index (κ3) is 3.21. The number of aromatic nitrogens is 2. The summed E-state index contributed by atoms with van der Waals surface area (Å²) in [6.07, 6.45) is 2.46. The molecule has 0 amide bonds. The van der Waals surface area contributed by atoms with Crippen LogP contribution in [0.1, 0.15) is 26.3 Å². The Balaban J connectivity index is 2.29. The van der Waals surface area contributed by atoms with E-state index >= 15 is 0 Å². The zero-order valence-corrected chi connectivity index (χ0v) is 13.6. The molecule has 1 aromatic heterocycles. The van der Waals surface area contributed by atoms with E-state index in [0.29, 0.717) is 5.82 Å². The number of hydrogen-bond donors (Lipinski definition) is 1. The molecule has 1 aromatic carbocycles. The molecule has 7 heteroatoms. The molecule has 0 spiro atoms. The van der Waals surface area contributed by atoms with Crippen molar-refractivity contribution < 1.29 is 8.42 Å². The maximum Gasteiger partial charge on any atom is 0.263 e. The van der Waals surface area contributed by atoms with Gasteiger partial charge in [-0.1, -0.05) is 22.9 Å². The fourth-order valence-corrected chi connectivity index (χ4v) is 3.04. The number of halogens is 1. The third-order valence-electron chi connectivity index (χ3n) is 3.04. The molecule has 2 aromatic rings. The standard InChI is InChI=1S/C13H16BrN3O2S/c1-3-10(2)17-13(8-9-15-17)16-20(18,19)12-6-4-11(14)5-7-12/h4-10,16H,3H2,1-2H3/t10-/m1/s1. The van der Waals surface area contributed by atoms with Crippen LogP contribution in [0.4, 0.5) is 5.82 Å². The molecule has 0 saturated carbocycles. The number of nitrogens with zero attached hydrogens (tertiary/aromatic N) is 2. The quantitative estimate of drug-likeness (QED) is 0.891. The fraction of sp³-hybridized carbons (Fsp3) is 0.308. The average molecular weight is 358 g/mol. The minimum atomic E-state index is -3.60. The highest BCUT2D eigenvalue weighted by atomic mass is 79.9. The lowest BCUT2D eigenvalue weighted by atomic mass is 10.3. The van der Waals surface area contributed by atoms with E-state index < -0.39 is 10.0 Å². The fourth-order valence-electron chi connectivity index (χ4n) is 1.73. The molecule has 0 fully saturated rings. The normalized spacial score (nSPS) is 13.2. The van der Waals surface area contributed by atoms with Gasteiger partial charge in [0.15, 0.2) is 0 Å². The van der Waals surface area contributed by atoms with Gasteiger partial charge in [0, 0.05) is 10.5 Å². The Bertz CT molecular complexity index is 680. The van der Waals surface area contributed by atoms with Crippen LogP contribution < -0.4 is 4.72 Å². The van der Waals surface area contributed by atoms with E-state index in [2.05, 4.69) is 25.8 Å². The van der Waals surface area contributed by atoms with Gasteiger partial charge in [-0.3, -0.25) is 4.72 Å². The zero-order valence-electron chi connectivity index (χ0n) is 11.2. The van der Waals surface area contributed by atoms with Crippen molar-refractivity contribution in [2.24, 2.45) is 0 Å². The number of benzene rings is 1. The van der Waals surface area contributed by atoms with Gasteiger partial charge in [0.05, 0.1) is 17.1 Å². The van der Waals surface area contributed by atoms with E-state index in [-0.39, 0.29) is 10.9 Å². The first kappa shape index (κ1) is 15.1. The molecule has 0 aliphatic rings. The monoisotopic (exact) mass is 357 g/mol. The van der Waals surface area contributed by atoms with Crippen LogP contribution in [0.15, 0.2) is 45.9 Å². The lowest BCUT2D eigenvalue weighted by molar-refractivity contribution is 0.484. The van der Waals surface area contributed by atoms with E-state index in [4.69, 9.17) is 0 Å². The summed E-state index contributed by atoms with van der Waals surface area (Å²) in [6, 6.07) is 8.28. The summed E-state index contributed by atoms with van der Waals surface area (Å²) in [6.45, 7) is 4.02. The van der Waals surface area contributed by atoms with E-state index in [1.165, 1.54) is 0 Å². The largest absolute Gasteiger partial charge is 0.264 e. The van der Waals surface area contributed by atoms with Gasteiger partial charge in [-0.2, -0.15) is 5.10 Å². The Morgan fingerprint density at radius 1 is 1.30 bits per heavy atom. The maximum absolute atomic E-state index is 12.3. The van der Waals surface area contributed by atoms with Crippen molar-refractivity contribution in [3.05, 3.63) is 41.0 Å². The van der Waals surface area contributed by atoms with Crippen molar-refractivity contribution in [1.29, 1.82) is 0 Å². The van der Waals surface area contributed by atoms with Crippen LogP contribution >= 0.6 is 15.9 Å². The molecule has 0 aliphatic carbocycles. The molecule has 1 heterocycles. The van der Waals surface area contributed by atoms with Crippen LogP contribution in [-0.2, 0) is 10.0 Å². The molecule has 1 N–H and O–H groups in total. The molecular formula is C13H16BrN3O2S. The Morgan fingerprint density at radius 3 is 2.55 bits per heavy atom. The maximum atomic E-state index is 12.3. The first-order chi connectivity index (χ1) is 9.44. The van der Waals surface area contributed by atoms with Gasteiger partial charge in [-0.25, -0.2) is 13.1 Å². The molecule has 2 rings (SSSR count). The van der Waals surface area contributed by atoms with Crippen LogP contribution in [0.5, 0.6) is 0 Å². The van der Waals surface area contributed by atoms with Gasteiger partial charge < -0.3 is 0 Å². The predicted molar refractivity (Wildman–Crippen MR) is 82.2 cm³/mol. The highest BCUT2D eigenvalue weighted by molar-refractivity contribution is 9.10. The van der Waals surface area contributed by atoms with Crippen LogP contribution in [-0.4, -0.2) is 18.2 Å². The van der Waals surface area contributed by atoms with Crippen molar-refractivity contribution in [1.82, 2.24) is 9.78 Å². The number of sulfonamides is 1. The van der Waals surface area contributed by atoms with Gasteiger partial charge in [-0.05, 0) is 37.6 Å². The van der Waals surface area contributed by atoms with Gasteiger partial charge in [0.1, 0.15) is 5.82 Å². The highest BCUT2D eigenvalue weighted by Gasteiger charge is 2.17. The van der Waals surface area contributed by atoms with Crippen molar-refractivity contribution >= 4 is 31.8 Å². The Kier molecular flexibility index (Phi) is 4.49. The molecule has 0 aliphatic heterocycles.